The van der Waals surface area contributed by atoms with Gasteiger partial charge in [-0.1, -0.05) is 13.8 Å². The summed E-state index contributed by atoms with van der Waals surface area (Å²) in [4.78, 5) is 11.4. The van der Waals surface area contributed by atoms with E-state index in [1.165, 1.54) is 23.7 Å². The predicted molar refractivity (Wildman–Crippen MR) is 107 cm³/mol. The van der Waals surface area contributed by atoms with E-state index in [4.69, 9.17) is 4.98 Å². The monoisotopic (exact) mass is 437 g/mol. The first-order valence-corrected chi connectivity index (χ1v) is 8.71. The van der Waals surface area contributed by atoms with E-state index < -0.39 is 0 Å². The molecule has 2 rings (SSSR count). The van der Waals surface area contributed by atoms with Gasteiger partial charge < -0.3 is 15.5 Å². The van der Waals surface area contributed by atoms with Crippen molar-refractivity contribution in [3.05, 3.63) is 11.1 Å². The van der Waals surface area contributed by atoms with Gasteiger partial charge >= 0.3 is 0 Å². The van der Waals surface area contributed by atoms with Crippen molar-refractivity contribution in [2.75, 3.05) is 38.1 Å². The van der Waals surface area contributed by atoms with Gasteiger partial charge in [-0.15, -0.1) is 35.3 Å². The van der Waals surface area contributed by atoms with Gasteiger partial charge in [-0.25, -0.2) is 4.98 Å². The third-order valence-electron chi connectivity index (χ3n) is 3.49. The molecule has 1 aromatic rings. The molecule has 126 valence electrons. The zero-order valence-electron chi connectivity index (χ0n) is 13.8. The summed E-state index contributed by atoms with van der Waals surface area (Å²) in [6.45, 7) is 8.51. The molecule has 2 N–H and O–H groups in total. The second kappa shape index (κ2) is 10.3. The highest BCUT2D eigenvalue weighted by Crippen LogP contribution is 2.24. The highest BCUT2D eigenvalue weighted by Gasteiger charge is 2.15. The molecule has 0 aromatic carbocycles. The van der Waals surface area contributed by atoms with E-state index in [0.29, 0.717) is 5.92 Å². The van der Waals surface area contributed by atoms with Gasteiger partial charge in [0.15, 0.2) is 11.1 Å². The maximum atomic E-state index is 4.73. The van der Waals surface area contributed by atoms with Crippen molar-refractivity contribution in [2.45, 2.75) is 33.1 Å². The Balaban J connectivity index is 0.00000242. The molecule has 1 aromatic heterocycles. The molecule has 0 bridgehead atoms. The number of hydrogen-bond donors (Lipinski definition) is 2. The van der Waals surface area contributed by atoms with Crippen LogP contribution in [-0.4, -0.2) is 44.2 Å². The van der Waals surface area contributed by atoms with E-state index in [1.807, 2.05) is 7.05 Å². The van der Waals surface area contributed by atoms with Crippen LogP contribution in [0.5, 0.6) is 0 Å². The van der Waals surface area contributed by atoms with E-state index in [0.717, 1.165) is 38.6 Å². The average Bonchev–Trinajstić information content (AvgIpc) is 3.12. The molecule has 0 saturated carbocycles. The molecule has 7 heteroatoms. The minimum Gasteiger partial charge on any atom is -0.356 e. The largest absolute Gasteiger partial charge is 0.356 e. The number of thiazole rings is 1. The lowest BCUT2D eigenvalue weighted by Crippen LogP contribution is -2.39. The summed E-state index contributed by atoms with van der Waals surface area (Å²) >= 11 is 1.77. The minimum absolute atomic E-state index is 0. The summed E-state index contributed by atoms with van der Waals surface area (Å²) in [5, 5.41) is 10.0. The zero-order chi connectivity index (χ0) is 15.1. The van der Waals surface area contributed by atoms with Crippen molar-refractivity contribution in [1.29, 1.82) is 0 Å². The Kier molecular flexibility index (Phi) is 9.08. The second-order valence-electron chi connectivity index (χ2n) is 5.84. The number of halogens is 1. The number of nitrogens with zero attached hydrogens (tertiary/aromatic N) is 3. The van der Waals surface area contributed by atoms with Gasteiger partial charge in [0.05, 0.1) is 5.69 Å². The third-order valence-corrected chi connectivity index (χ3v) is 4.44. The first kappa shape index (κ1) is 19.5. The quantitative estimate of drug-likeness (QED) is 0.408. The summed E-state index contributed by atoms with van der Waals surface area (Å²) in [5.41, 5.74) is 1.17. The van der Waals surface area contributed by atoms with Gasteiger partial charge in [-0.2, -0.15) is 0 Å². The summed E-state index contributed by atoms with van der Waals surface area (Å²) in [6, 6.07) is 0. The highest BCUT2D eigenvalue weighted by atomic mass is 127. The van der Waals surface area contributed by atoms with E-state index in [-0.39, 0.29) is 24.0 Å². The van der Waals surface area contributed by atoms with Gasteiger partial charge in [0.1, 0.15) is 0 Å². The fraction of sp³-hybridized carbons (Fsp3) is 0.733. The van der Waals surface area contributed by atoms with E-state index in [2.05, 4.69) is 39.8 Å². The fourth-order valence-corrected chi connectivity index (χ4v) is 3.21. The SMILES string of the molecule is CN=C(NCCc1csc(N2CCCC2)n1)NCC(C)C.I. The topological polar surface area (TPSA) is 52.6 Å². The van der Waals surface area contributed by atoms with Crippen molar-refractivity contribution >= 4 is 46.4 Å². The molecular weight excluding hydrogens is 409 g/mol. The van der Waals surface area contributed by atoms with Crippen LogP contribution in [0.1, 0.15) is 32.4 Å². The van der Waals surface area contributed by atoms with Crippen molar-refractivity contribution in [3.63, 3.8) is 0 Å². The standard InChI is InChI=1S/C15H27N5S.HI/c1-12(2)10-18-14(16-3)17-7-6-13-11-21-15(19-13)20-8-4-5-9-20;/h11-12H,4-10H2,1-3H3,(H2,16,17,18);1H. The zero-order valence-corrected chi connectivity index (χ0v) is 16.9. The predicted octanol–water partition coefficient (Wildman–Crippen LogP) is 2.72. The van der Waals surface area contributed by atoms with Crippen LogP contribution in [-0.2, 0) is 6.42 Å². The van der Waals surface area contributed by atoms with Gasteiger partial charge in [0.2, 0.25) is 0 Å². The van der Waals surface area contributed by atoms with Crippen LogP contribution >= 0.6 is 35.3 Å². The Bertz CT molecular complexity index is 455. The summed E-state index contributed by atoms with van der Waals surface area (Å²) in [5.74, 6) is 1.49. The van der Waals surface area contributed by atoms with Crippen LogP contribution < -0.4 is 15.5 Å². The Labute approximate surface area is 155 Å². The lowest BCUT2D eigenvalue weighted by Gasteiger charge is -2.13. The Morgan fingerprint density at radius 1 is 1.36 bits per heavy atom. The number of aliphatic imine (C=N–C) groups is 1. The van der Waals surface area contributed by atoms with Crippen molar-refractivity contribution in [1.82, 2.24) is 15.6 Å². The molecular formula is C15H28IN5S. The van der Waals surface area contributed by atoms with Gasteiger partial charge in [-0.05, 0) is 18.8 Å². The number of anilines is 1. The van der Waals surface area contributed by atoms with Crippen LogP contribution in [0, 0.1) is 5.92 Å². The summed E-state index contributed by atoms with van der Waals surface area (Å²) < 4.78 is 0. The molecule has 1 fully saturated rings. The Morgan fingerprint density at radius 3 is 2.73 bits per heavy atom. The first-order chi connectivity index (χ1) is 10.2. The Morgan fingerprint density at radius 2 is 2.09 bits per heavy atom. The number of hydrogen-bond acceptors (Lipinski definition) is 4. The Hall–Kier alpha value is -0.570. The first-order valence-electron chi connectivity index (χ1n) is 7.83. The molecule has 0 radical (unpaired) electrons. The number of rotatable bonds is 6. The molecule has 1 aliphatic rings. The molecule has 0 atom stereocenters. The van der Waals surface area contributed by atoms with Crippen molar-refractivity contribution < 1.29 is 0 Å². The smallest absolute Gasteiger partial charge is 0.190 e. The van der Waals surface area contributed by atoms with Crippen LogP contribution in [0.4, 0.5) is 5.13 Å². The summed E-state index contributed by atoms with van der Waals surface area (Å²) in [7, 11) is 1.81. The maximum Gasteiger partial charge on any atom is 0.190 e. The second-order valence-corrected chi connectivity index (χ2v) is 6.68. The molecule has 0 aliphatic carbocycles. The van der Waals surface area contributed by atoms with Gasteiger partial charge in [-0.3, -0.25) is 4.99 Å². The minimum atomic E-state index is 0. The lowest BCUT2D eigenvalue weighted by molar-refractivity contribution is 0.614. The lowest BCUT2D eigenvalue weighted by atomic mass is 10.2. The molecule has 5 nitrogen and oxygen atoms in total. The molecule has 2 heterocycles. The van der Waals surface area contributed by atoms with Crippen LogP contribution in [0.15, 0.2) is 10.4 Å². The van der Waals surface area contributed by atoms with Crippen molar-refractivity contribution in [2.24, 2.45) is 10.9 Å². The maximum absolute atomic E-state index is 4.73. The molecule has 1 aliphatic heterocycles. The van der Waals surface area contributed by atoms with Crippen LogP contribution in [0.25, 0.3) is 0 Å². The number of aromatic nitrogens is 1. The highest BCUT2D eigenvalue weighted by molar-refractivity contribution is 14.0. The molecule has 0 amide bonds. The average molecular weight is 437 g/mol. The van der Waals surface area contributed by atoms with E-state index in [1.54, 1.807) is 11.3 Å². The molecule has 0 spiro atoms. The van der Waals surface area contributed by atoms with Gasteiger partial charge in [0.25, 0.3) is 0 Å². The normalized spacial score (nSPS) is 15.1. The molecule has 0 unspecified atom stereocenters. The number of nitrogens with one attached hydrogen (secondary N) is 2. The van der Waals surface area contributed by atoms with Crippen molar-refractivity contribution in [3.8, 4) is 0 Å². The van der Waals surface area contributed by atoms with Crippen LogP contribution in [0.3, 0.4) is 0 Å². The number of guanidine groups is 1. The molecule has 1 saturated heterocycles. The third kappa shape index (κ3) is 6.28. The van der Waals surface area contributed by atoms with Gasteiger partial charge in [0, 0.05) is 45.0 Å². The molecule has 22 heavy (non-hydrogen) atoms. The van der Waals surface area contributed by atoms with E-state index in [9.17, 15) is 0 Å². The summed E-state index contributed by atoms with van der Waals surface area (Å²) in [6.07, 6.45) is 3.54. The van der Waals surface area contributed by atoms with E-state index >= 15 is 0 Å². The fourth-order valence-electron chi connectivity index (χ4n) is 2.30. The van der Waals surface area contributed by atoms with Crippen LogP contribution in [0.2, 0.25) is 0 Å².